The van der Waals surface area contributed by atoms with E-state index in [0.29, 0.717) is 23.7 Å². The second-order valence-corrected chi connectivity index (χ2v) is 6.94. The predicted octanol–water partition coefficient (Wildman–Crippen LogP) is 2.86. The van der Waals surface area contributed by atoms with Crippen LogP contribution in [0.15, 0.2) is 24.3 Å². The van der Waals surface area contributed by atoms with E-state index >= 15 is 0 Å². The second kappa shape index (κ2) is 10.00. The first-order valence-electron chi connectivity index (χ1n) is 8.53. The summed E-state index contributed by atoms with van der Waals surface area (Å²) in [5.41, 5.74) is 6.41. The highest BCUT2D eigenvalue weighted by atomic mass is 35.5. The topological polar surface area (TPSA) is 75.4 Å². The SMILES string of the molecule is CCC(C)C(NC(=O)c1ccc(Cl)cc1)C(=O)N1CCC(N)CC1.Cl. The summed E-state index contributed by atoms with van der Waals surface area (Å²) in [5.74, 6) is -0.207. The Morgan fingerprint density at radius 1 is 1.28 bits per heavy atom. The van der Waals surface area contributed by atoms with E-state index in [0.717, 1.165) is 19.3 Å². The summed E-state index contributed by atoms with van der Waals surface area (Å²) >= 11 is 5.86. The van der Waals surface area contributed by atoms with Crippen molar-refractivity contribution in [1.82, 2.24) is 10.2 Å². The number of carbonyl (C=O) groups excluding carboxylic acids is 2. The van der Waals surface area contributed by atoms with Gasteiger partial charge in [-0.3, -0.25) is 9.59 Å². The van der Waals surface area contributed by atoms with E-state index in [1.807, 2.05) is 18.7 Å². The first-order valence-corrected chi connectivity index (χ1v) is 8.91. The summed E-state index contributed by atoms with van der Waals surface area (Å²) in [4.78, 5) is 27.2. The van der Waals surface area contributed by atoms with Gasteiger partial charge in [0.25, 0.3) is 5.91 Å². The zero-order chi connectivity index (χ0) is 17.7. The molecule has 1 aromatic rings. The molecule has 0 radical (unpaired) electrons. The number of nitrogens with two attached hydrogens (primary N) is 1. The van der Waals surface area contributed by atoms with Crippen molar-refractivity contribution in [3.05, 3.63) is 34.9 Å². The molecule has 3 N–H and O–H groups in total. The van der Waals surface area contributed by atoms with Crippen LogP contribution in [0.3, 0.4) is 0 Å². The van der Waals surface area contributed by atoms with E-state index in [-0.39, 0.29) is 36.2 Å². The van der Waals surface area contributed by atoms with Crippen molar-refractivity contribution in [3.8, 4) is 0 Å². The Kier molecular flexibility index (Phi) is 8.69. The van der Waals surface area contributed by atoms with Gasteiger partial charge in [0.15, 0.2) is 0 Å². The number of nitrogens with zero attached hydrogens (tertiary/aromatic N) is 1. The number of benzene rings is 1. The van der Waals surface area contributed by atoms with E-state index in [1.54, 1.807) is 24.3 Å². The van der Waals surface area contributed by atoms with Crippen LogP contribution in [0, 0.1) is 5.92 Å². The Morgan fingerprint density at radius 3 is 2.36 bits per heavy atom. The molecule has 5 nitrogen and oxygen atoms in total. The standard InChI is InChI=1S/C18H26ClN3O2.ClH/c1-3-12(2)16(18(24)22-10-8-15(20)9-11-22)21-17(23)13-4-6-14(19)7-5-13;/h4-7,12,15-16H,3,8-11,20H2,1-2H3,(H,21,23);1H. The zero-order valence-electron chi connectivity index (χ0n) is 14.7. The molecule has 0 aromatic heterocycles. The summed E-state index contributed by atoms with van der Waals surface area (Å²) in [6.07, 6.45) is 2.43. The maximum absolute atomic E-state index is 12.9. The number of amides is 2. The normalized spacial score (nSPS) is 17.4. The minimum Gasteiger partial charge on any atom is -0.341 e. The fourth-order valence-electron chi connectivity index (χ4n) is 2.83. The van der Waals surface area contributed by atoms with Gasteiger partial charge in [-0.15, -0.1) is 12.4 Å². The molecule has 1 aliphatic heterocycles. The van der Waals surface area contributed by atoms with Crippen LogP contribution in [-0.4, -0.2) is 41.9 Å². The highest BCUT2D eigenvalue weighted by molar-refractivity contribution is 6.30. The molecule has 1 saturated heterocycles. The quantitative estimate of drug-likeness (QED) is 0.815. The van der Waals surface area contributed by atoms with Crippen molar-refractivity contribution in [1.29, 1.82) is 0 Å². The fourth-order valence-corrected chi connectivity index (χ4v) is 2.95. The van der Waals surface area contributed by atoms with Gasteiger partial charge in [-0.1, -0.05) is 31.9 Å². The Hall–Kier alpha value is -1.30. The van der Waals surface area contributed by atoms with E-state index in [2.05, 4.69) is 5.32 Å². The molecule has 0 bridgehead atoms. The number of halogens is 2. The van der Waals surface area contributed by atoms with Crippen molar-refractivity contribution in [2.24, 2.45) is 11.7 Å². The highest BCUT2D eigenvalue weighted by Crippen LogP contribution is 2.16. The van der Waals surface area contributed by atoms with Gasteiger partial charge in [0.1, 0.15) is 6.04 Å². The smallest absolute Gasteiger partial charge is 0.251 e. The van der Waals surface area contributed by atoms with Crippen LogP contribution in [0.4, 0.5) is 0 Å². The van der Waals surface area contributed by atoms with Crippen molar-refractivity contribution in [2.75, 3.05) is 13.1 Å². The van der Waals surface area contributed by atoms with E-state index in [1.165, 1.54) is 0 Å². The van der Waals surface area contributed by atoms with Gasteiger partial charge in [-0.2, -0.15) is 0 Å². The molecule has 0 spiro atoms. The third kappa shape index (κ3) is 5.87. The summed E-state index contributed by atoms with van der Waals surface area (Å²) in [5, 5.41) is 3.48. The van der Waals surface area contributed by atoms with Gasteiger partial charge in [0, 0.05) is 29.7 Å². The molecule has 140 valence electrons. The predicted molar refractivity (Wildman–Crippen MR) is 103 cm³/mol. The van der Waals surface area contributed by atoms with E-state index in [4.69, 9.17) is 17.3 Å². The van der Waals surface area contributed by atoms with Crippen molar-refractivity contribution in [3.63, 3.8) is 0 Å². The maximum atomic E-state index is 12.9. The summed E-state index contributed by atoms with van der Waals surface area (Å²) in [6.45, 7) is 5.32. The summed E-state index contributed by atoms with van der Waals surface area (Å²) in [7, 11) is 0. The molecule has 1 aliphatic rings. The Labute approximate surface area is 160 Å². The lowest BCUT2D eigenvalue weighted by molar-refractivity contribution is -0.135. The van der Waals surface area contributed by atoms with Crippen LogP contribution in [-0.2, 0) is 4.79 Å². The van der Waals surface area contributed by atoms with Crippen LogP contribution in [0.5, 0.6) is 0 Å². The minimum absolute atomic E-state index is 0. The van der Waals surface area contributed by atoms with Crippen molar-refractivity contribution in [2.45, 2.75) is 45.2 Å². The third-order valence-corrected chi connectivity index (χ3v) is 4.98. The molecular formula is C18H27Cl2N3O2. The third-order valence-electron chi connectivity index (χ3n) is 4.72. The number of hydrogen-bond acceptors (Lipinski definition) is 3. The first-order chi connectivity index (χ1) is 11.4. The van der Waals surface area contributed by atoms with Gasteiger partial charge in [-0.05, 0) is 43.0 Å². The van der Waals surface area contributed by atoms with Gasteiger partial charge in [0.2, 0.25) is 5.91 Å². The number of hydrogen-bond donors (Lipinski definition) is 2. The lowest BCUT2D eigenvalue weighted by atomic mass is 9.96. The Balaban J connectivity index is 0.00000312. The maximum Gasteiger partial charge on any atom is 0.251 e. The Bertz CT molecular complexity index is 572. The summed E-state index contributed by atoms with van der Waals surface area (Å²) in [6, 6.07) is 6.31. The van der Waals surface area contributed by atoms with Gasteiger partial charge < -0.3 is 16.0 Å². The molecule has 2 amide bonds. The lowest BCUT2D eigenvalue weighted by Crippen LogP contribution is -2.54. The zero-order valence-corrected chi connectivity index (χ0v) is 16.3. The molecule has 0 aliphatic carbocycles. The minimum atomic E-state index is -0.521. The molecule has 25 heavy (non-hydrogen) atoms. The Morgan fingerprint density at radius 2 is 1.84 bits per heavy atom. The summed E-state index contributed by atoms with van der Waals surface area (Å²) < 4.78 is 0. The number of rotatable bonds is 5. The fraction of sp³-hybridized carbons (Fsp3) is 0.556. The molecule has 1 fully saturated rings. The van der Waals surface area contributed by atoms with Crippen LogP contribution in [0.1, 0.15) is 43.5 Å². The molecule has 7 heteroatoms. The first kappa shape index (κ1) is 21.7. The van der Waals surface area contributed by atoms with Gasteiger partial charge in [0.05, 0.1) is 0 Å². The van der Waals surface area contributed by atoms with Gasteiger partial charge >= 0.3 is 0 Å². The van der Waals surface area contributed by atoms with E-state index in [9.17, 15) is 9.59 Å². The molecule has 2 rings (SSSR count). The molecule has 1 heterocycles. The van der Waals surface area contributed by atoms with E-state index < -0.39 is 6.04 Å². The second-order valence-electron chi connectivity index (χ2n) is 6.51. The van der Waals surface area contributed by atoms with Crippen LogP contribution in [0.2, 0.25) is 5.02 Å². The number of likely N-dealkylation sites (tertiary alicyclic amines) is 1. The molecular weight excluding hydrogens is 361 g/mol. The highest BCUT2D eigenvalue weighted by Gasteiger charge is 2.31. The molecule has 0 saturated carbocycles. The molecule has 1 aromatic carbocycles. The molecule has 2 atom stereocenters. The average molecular weight is 388 g/mol. The monoisotopic (exact) mass is 387 g/mol. The van der Waals surface area contributed by atoms with Crippen molar-refractivity contribution >= 4 is 35.8 Å². The number of nitrogens with one attached hydrogen (secondary N) is 1. The van der Waals surface area contributed by atoms with Crippen LogP contribution >= 0.6 is 24.0 Å². The number of carbonyl (C=O) groups is 2. The average Bonchev–Trinajstić information content (AvgIpc) is 2.59. The number of piperidine rings is 1. The van der Waals surface area contributed by atoms with Gasteiger partial charge in [-0.25, -0.2) is 0 Å². The van der Waals surface area contributed by atoms with Crippen molar-refractivity contribution < 1.29 is 9.59 Å². The van der Waals surface area contributed by atoms with Crippen LogP contribution in [0.25, 0.3) is 0 Å². The van der Waals surface area contributed by atoms with Crippen LogP contribution < -0.4 is 11.1 Å². The lowest BCUT2D eigenvalue weighted by Gasteiger charge is -2.34. The molecule has 2 unspecified atom stereocenters. The largest absolute Gasteiger partial charge is 0.341 e.